The molecule has 0 saturated carbocycles. The second-order valence-electron chi connectivity index (χ2n) is 3.18. The molecule has 0 saturated heterocycles. The van der Waals surface area contributed by atoms with E-state index in [0.717, 1.165) is 5.82 Å². The third kappa shape index (κ3) is 3.14. The Morgan fingerprint density at radius 2 is 2.43 bits per heavy atom. The number of hydrogen-bond donors (Lipinski definition) is 1. The Hall–Kier alpha value is -1.43. The van der Waals surface area contributed by atoms with Gasteiger partial charge in [-0.25, -0.2) is 4.98 Å². The third-order valence-electron chi connectivity index (χ3n) is 1.92. The molecule has 0 aliphatic heterocycles. The Bertz CT molecular complexity index is 310. The lowest BCUT2D eigenvalue weighted by molar-refractivity contribution is -0.137. The van der Waals surface area contributed by atoms with Crippen molar-refractivity contribution < 1.29 is 9.90 Å². The number of rotatable bonds is 5. The van der Waals surface area contributed by atoms with Gasteiger partial charge in [0.2, 0.25) is 0 Å². The minimum Gasteiger partial charge on any atom is -0.481 e. The molecular weight excluding hydrogens is 184 g/mol. The molecule has 1 heterocycles. The predicted octanol–water partition coefficient (Wildman–Crippen LogP) is -0.278. The van der Waals surface area contributed by atoms with E-state index >= 15 is 0 Å². The van der Waals surface area contributed by atoms with Gasteiger partial charge in [-0.2, -0.15) is 5.10 Å². The average Bonchev–Trinajstić information content (AvgIpc) is 2.49. The van der Waals surface area contributed by atoms with Gasteiger partial charge in [-0.05, 0) is 7.05 Å². The van der Waals surface area contributed by atoms with Crippen molar-refractivity contribution in [3.8, 4) is 0 Å². The van der Waals surface area contributed by atoms with E-state index in [1.165, 1.54) is 6.33 Å². The summed E-state index contributed by atoms with van der Waals surface area (Å²) < 4.78 is 1.68. The van der Waals surface area contributed by atoms with Gasteiger partial charge < -0.3 is 5.11 Å². The maximum absolute atomic E-state index is 10.3. The average molecular weight is 198 g/mol. The molecule has 1 N–H and O–H groups in total. The Labute approximate surface area is 82.2 Å². The zero-order chi connectivity index (χ0) is 10.6. The topological polar surface area (TPSA) is 71.2 Å². The van der Waals surface area contributed by atoms with Gasteiger partial charge in [-0.3, -0.25) is 14.4 Å². The lowest BCUT2D eigenvalue weighted by Crippen LogP contribution is -2.23. The highest BCUT2D eigenvalue weighted by atomic mass is 16.4. The largest absolute Gasteiger partial charge is 0.481 e. The van der Waals surface area contributed by atoms with Crippen molar-refractivity contribution in [1.82, 2.24) is 19.7 Å². The van der Waals surface area contributed by atoms with Crippen LogP contribution in [0.3, 0.4) is 0 Å². The number of carbonyl (C=O) groups is 1. The SMILES string of the molecule is CN(CCC(=O)O)Cc1ncnn1C. The fraction of sp³-hybridized carbons (Fsp3) is 0.625. The molecular formula is C8H14N4O2. The number of carboxylic acid groups (broad SMARTS) is 1. The highest BCUT2D eigenvalue weighted by molar-refractivity contribution is 5.66. The van der Waals surface area contributed by atoms with Gasteiger partial charge in [0.15, 0.2) is 0 Å². The number of hydrogen-bond acceptors (Lipinski definition) is 4. The van der Waals surface area contributed by atoms with E-state index in [1.807, 2.05) is 19.0 Å². The number of carboxylic acids is 1. The number of aryl methyl sites for hydroxylation is 1. The van der Waals surface area contributed by atoms with Gasteiger partial charge in [0.1, 0.15) is 12.2 Å². The van der Waals surface area contributed by atoms with Crippen molar-refractivity contribution in [2.75, 3.05) is 13.6 Å². The first-order chi connectivity index (χ1) is 6.59. The predicted molar refractivity (Wildman–Crippen MR) is 49.6 cm³/mol. The number of aliphatic carboxylic acids is 1. The van der Waals surface area contributed by atoms with Gasteiger partial charge in [0, 0.05) is 13.6 Å². The van der Waals surface area contributed by atoms with Gasteiger partial charge in [0.05, 0.1) is 13.0 Å². The lowest BCUT2D eigenvalue weighted by atomic mass is 10.4. The van der Waals surface area contributed by atoms with Crippen LogP contribution in [0.5, 0.6) is 0 Å². The van der Waals surface area contributed by atoms with Gasteiger partial charge in [0.25, 0.3) is 0 Å². The molecule has 1 rings (SSSR count). The second kappa shape index (κ2) is 4.71. The molecule has 0 aromatic carbocycles. The molecule has 14 heavy (non-hydrogen) atoms. The van der Waals surface area contributed by atoms with Crippen LogP contribution in [0.1, 0.15) is 12.2 Å². The summed E-state index contributed by atoms with van der Waals surface area (Å²) in [5.74, 6) is 0.0488. The standard InChI is InChI=1S/C8H14N4O2/c1-11(4-3-8(13)14)5-7-9-6-10-12(7)2/h6H,3-5H2,1-2H3,(H,13,14). The second-order valence-corrected chi connectivity index (χ2v) is 3.18. The van der Waals surface area contributed by atoms with Crippen LogP contribution in [0.25, 0.3) is 0 Å². The lowest BCUT2D eigenvalue weighted by Gasteiger charge is -2.13. The molecule has 0 unspecified atom stereocenters. The van der Waals surface area contributed by atoms with Crippen molar-refractivity contribution >= 4 is 5.97 Å². The van der Waals surface area contributed by atoms with Crippen LogP contribution in [0, 0.1) is 0 Å². The van der Waals surface area contributed by atoms with Crippen LogP contribution in [-0.4, -0.2) is 44.3 Å². The van der Waals surface area contributed by atoms with E-state index in [0.29, 0.717) is 13.1 Å². The van der Waals surface area contributed by atoms with E-state index in [1.54, 1.807) is 4.68 Å². The summed E-state index contributed by atoms with van der Waals surface area (Å²) in [5.41, 5.74) is 0. The van der Waals surface area contributed by atoms with Crippen molar-refractivity contribution in [2.24, 2.45) is 7.05 Å². The maximum atomic E-state index is 10.3. The molecule has 0 amide bonds. The van der Waals surface area contributed by atoms with Crippen LogP contribution in [-0.2, 0) is 18.4 Å². The molecule has 0 fully saturated rings. The van der Waals surface area contributed by atoms with E-state index in [4.69, 9.17) is 5.11 Å². The minimum absolute atomic E-state index is 0.147. The molecule has 1 aromatic heterocycles. The first kappa shape index (κ1) is 10.6. The van der Waals surface area contributed by atoms with Gasteiger partial charge >= 0.3 is 5.97 Å². The summed E-state index contributed by atoms with van der Waals surface area (Å²) in [6, 6.07) is 0. The fourth-order valence-electron chi connectivity index (χ4n) is 1.07. The number of aromatic nitrogens is 3. The molecule has 0 bridgehead atoms. The molecule has 6 heteroatoms. The summed E-state index contributed by atoms with van der Waals surface area (Å²) >= 11 is 0. The molecule has 0 radical (unpaired) electrons. The Morgan fingerprint density at radius 1 is 1.71 bits per heavy atom. The molecule has 1 aromatic rings. The first-order valence-corrected chi connectivity index (χ1v) is 4.33. The molecule has 0 aliphatic rings. The van der Waals surface area contributed by atoms with Crippen molar-refractivity contribution in [2.45, 2.75) is 13.0 Å². The van der Waals surface area contributed by atoms with E-state index < -0.39 is 5.97 Å². The molecule has 6 nitrogen and oxygen atoms in total. The third-order valence-corrected chi connectivity index (χ3v) is 1.92. The Balaban J connectivity index is 2.37. The summed E-state index contributed by atoms with van der Waals surface area (Å²) in [5, 5.41) is 12.4. The normalized spacial score (nSPS) is 10.8. The monoisotopic (exact) mass is 198 g/mol. The quantitative estimate of drug-likeness (QED) is 0.704. The summed E-state index contributed by atoms with van der Waals surface area (Å²) in [6.07, 6.45) is 1.63. The smallest absolute Gasteiger partial charge is 0.304 e. The minimum atomic E-state index is -0.783. The van der Waals surface area contributed by atoms with Crippen LogP contribution in [0.4, 0.5) is 0 Å². The van der Waals surface area contributed by atoms with Crippen LogP contribution < -0.4 is 0 Å². The summed E-state index contributed by atoms with van der Waals surface area (Å²) in [7, 11) is 3.67. The maximum Gasteiger partial charge on any atom is 0.304 e. The van der Waals surface area contributed by atoms with Gasteiger partial charge in [-0.15, -0.1) is 0 Å². The molecule has 0 atom stereocenters. The molecule has 0 aliphatic carbocycles. The molecule has 0 spiro atoms. The highest BCUT2D eigenvalue weighted by Crippen LogP contribution is 1.97. The van der Waals surface area contributed by atoms with Crippen molar-refractivity contribution in [1.29, 1.82) is 0 Å². The zero-order valence-corrected chi connectivity index (χ0v) is 8.34. The first-order valence-electron chi connectivity index (χ1n) is 4.33. The number of nitrogens with zero attached hydrogens (tertiary/aromatic N) is 4. The van der Waals surface area contributed by atoms with E-state index in [9.17, 15) is 4.79 Å². The summed E-state index contributed by atoms with van der Waals surface area (Å²) in [6.45, 7) is 1.13. The highest BCUT2D eigenvalue weighted by Gasteiger charge is 2.06. The fourth-order valence-corrected chi connectivity index (χ4v) is 1.07. The van der Waals surface area contributed by atoms with Crippen LogP contribution in [0.15, 0.2) is 6.33 Å². The van der Waals surface area contributed by atoms with Crippen LogP contribution >= 0.6 is 0 Å². The molecule has 78 valence electrons. The van der Waals surface area contributed by atoms with Crippen molar-refractivity contribution in [3.63, 3.8) is 0 Å². The van der Waals surface area contributed by atoms with Gasteiger partial charge in [-0.1, -0.05) is 0 Å². The summed E-state index contributed by atoms with van der Waals surface area (Å²) in [4.78, 5) is 16.3. The van der Waals surface area contributed by atoms with Crippen molar-refractivity contribution in [3.05, 3.63) is 12.2 Å². The van der Waals surface area contributed by atoms with E-state index in [-0.39, 0.29) is 6.42 Å². The van der Waals surface area contributed by atoms with Crippen LogP contribution in [0.2, 0.25) is 0 Å². The van der Waals surface area contributed by atoms with E-state index in [2.05, 4.69) is 10.1 Å². The Kier molecular flexibility index (Phi) is 3.58. The Morgan fingerprint density at radius 3 is 2.93 bits per heavy atom. The zero-order valence-electron chi connectivity index (χ0n) is 8.34.